The number of aryl methyl sites for hydroxylation is 1. The lowest BCUT2D eigenvalue weighted by Gasteiger charge is -2.16. The van der Waals surface area contributed by atoms with Crippen LogP contribution in [-0.4, -0.2) is 36.5 Å². The summed E-state index contributed by atoms with van der Waals surface area (Å²) in [5.74, 6) is 0.170. The summed E-state index contributed by atoms with van der Waals surface area (Å²) in [6.07, 6.45) is 0.444. The fourth-order valence-electron chi connectivity index (χ4n) is 3.20. The predicted octanol–water partition coefficient (Wildman–Crippen LogP) is 4.77. The average Bonchev–Trinajstić information content (AvgIpc) is 2.74. The number of benzene rings is 2. The lowest BCUT2D eigenvalue weighted by Crippen LogP contribution is -2.22. The molecule has 0 spiro atoms. The fraction of sp³-hybridized carbons (Fsp3) is 0.375. The molecule has 3 aromatic rings. The average molecular weight is 463 g/mol. The number of carbonyl (C=O) groups excluding carboxylic acids is 1. The molecule has 180 valence electrons. The number of fused-ring (bicyclic) bond motifs is 1. The van der Waals surface area contributed by atoms with Gasteiger partial charge in [0.15, 0.2) is 17.3 Å². The zero-order valence-electron chi connectivity index (χ0n) is 18.8. The second-order valence-corrected chi connectivity index (χ2v) is 7.05. The fourth-order valence-corrected chi connectivity index (χ4v) is 3.20. The highest BCUT2D eigenvalue weighted by molar-refractivity contribution is 5.91. The Kier molecular flexibility index (Phi) is 10.6. The molecule has 0 radical (unpaired) electrons. The second kappa shape index (κ2) is 12.6. The minimum absolute atomic E-state index is 0. The van der Waals surface area contributed by atoms with Crippen molar-refractivity contribution in [2.75, 3.05) is 26.5 Å². The standard InChI is InChI=1S/C12H16FNO.C11H12FN3O2.CH4/c1-3-14-12(8-9(2)15)10-4-6-11(13)7-5-10;1-5-14-9-6(11(13)15-5)4-7(16-2)10(17-3)8(9)12;/h4-7,12,14H,3,8H2,1-2H3;4H,1-3H3,(H2,13,14,15);1H4/t12-;;/m1../s1. The summed E-state index contributed by atoms with van der Waals surface area (Å²) in [6.45, 7) is 5.98. The van der Waals surface area contributed by atoms with E-state index in [2.05, 4.69) is 15.3 Å². The maximum atomic E-state index is 14.1. The van der Waals surface area contributed by atoms with Crippen molar-refractivity contribution in [1.29, 1.82) is 0 Å². The molecule has 0 amide bonds. The van der Waals surface area contributed by atoms with Crippen LogP contribution in [0.15, 0.2) is 30.3 Å². The minimum Gasteiger partial charge on any atom is -0.493 e. The van der Waals surface area contributed by atoms with Crippen LogP contribution in [0.3, 0.4) is 0 Å². The van der Waals surface area contributed by atoms with Crippen LogP contribution in [-0.2, 0) is 4.79 Å². The van der Waals surface area contributed by atoms with E-state index in [-0.39, 0.29) is 47.9 Å². The topological polar surface area (TPSA) is 99.4 Å². The molecule has 0 fully saturated rings. The van der Waals surface area contributed by atoms with E-state index in [0.717, 1.165) is 12.1 Å². The van der Waals surface area contributed by atoms with Gasteiger partial charge in [0.05, 0.1) is 14.2 Å². The van der Waals surface area contributed by atoms with E-state index in [4.69, 9.17) is 15.2 Å². The molecule has 0 bridgehead atoms. The van der Waals surface area contributed by atoms with Crippen molar-refractivity contribution in [1.82, 2.24) is 15.3 Å². The highest BCUT2D eigenvalue weighted by Gasteiger charge is 2.18. The third-order valence-corrected chi connectivity index (χ3v) is 4.63. The van der Waals surface area contributed by atoms with Gasteiger partial charge in [0.2, 0.25) is 0 Å². The summed E-state index contributed by atoms with van der Waals surface area (Å²) in [4.78, 5) is 19.1. The largest absolute Gasteiger partial charge is 0.493 e. The first-order chi connectivity index (χ1) is 15.2. The third-order valence-electron chi connectivity index (χ3n) is 4.63. The van der Waals surface area contributed by atoms with Gasteiger partial charge in [0.1, 0.15) is 28.8 Å². The maximum Gasteiger partial charge on any atom is 0.199 e. The monoisotopic (exact) mass is 462 g/mol. The van der Waals surface area contributed by atoms with Gasteiger partial charge in [-0.2, -0.15) is 0 Å². The molecule has 1 atom stereocenters. The molecule has 2 aromatic carbocycles. The number of rotatable bonds is 7. The molecular formula is C24H32F2N4O3. The molecule has 7 nitrogen and oxygen atoms in total. The predicted molar refractivity (Wildman–Crippen MR) is 127 cm³/mol. The molecule has 3 N–H and O–H groups in total. The van der Waals surface area contributed by atoms with Crippen LogP contribution in [0.1, 0.15) is 45.1 Å². The first-order valence-corrected chi connectivity index (χ1v) is 10.0. The minimum atomic E-state index is -0.598. The van der Waals surface area contributed by atoms with Gasteiger partial charge < -0.3 is 20.5 Å². The molecule has 0 aliphatic carbocycles. The summed E-state index contributed by atoms with van der Waals surface area (Å²) in [5.41, 5.74) is 6.81. The number of hydrogen-bond acceptors (Lipinski definition) is 7. The van der Waals surface area contributed by atoms with E-state index in [0.29, 0.717) is 17.6 Å². The van der Waals surface area contributed by atoms with Crippen LogP contribution in [0.25, 0.3) is 10.9 Å². The SMILES string of the molecule is C.CCN[C@H](CC(C)=O)c1ccc(F)cc1.COc1cc2c(N)nc(C)nc2c(F)c1OC. The number of ether oxygens (including phenoxy) is 2. The smallest absolute Gasteiger partial charge is 0.199 e. The third kappa shape index (κ3) is 7.08. The Hall–Kier alpha value is -3.33. The Morgan fingerprint density at radius 1 is 1.15 bits per heavy atom. The Bertz CT molecular complexity index is 1080. The number of aromatic nitrogens is 2. The van der Waals surface area contributed by atoms with Crippen molar-refractivity contribution in [2.24, 2.45) is 0 Å². The number of nitrogens with one attached hydrogen (secondary N) is 1. The lowest BCUT2D eigenvalue weighted by atomic mass is 10.0. The van der Waals surface area contributed by atoms with Crippen molar-refractivity contribution in [2.45, 2.75) is 40.7 Å². The molecule has 33 heavy (non-hydrogen) atoms. The number of halogens is 2. The number of nitrogens with zero attached hydrogens (tertiary/aromatic N) is 2. The number of ketones is 1. The zero-order valence-corrected chi connectivity index (χ0v) is 18.8. The van der Waals surface area contributed by atoms with E-state index in [1.165, 1.54) is 26.4 Å². The number of anilines is 1. The van der Waals surface area contributed by atoms with Crippen LogP contribution in [0.2, 0.25) is 0 Å². The number of nitrogen functional groups attached to an aromatic ring is 1. The van der Waals surface area contributed by atoms with E-state index in [1.54, 1.807) is 32.0 Å². The van der Waals surface area contributed by atoms with E-state index in [9.17, 15) is 13.6 Å². The molecular weight excluding hydrogens is 430 g/mol. The quantitative estimate of drug-likeness (QED) is 0.522. The van der Waals surface area contributed by atoms with Crippen molar-refractivity contribution < 1.29 is 23.0 Å². The van der Waals surface area contributed by atoms with Crippen molar-refractivity contribution in [3.8, 4) is 11.5 Å². The van der Waals surface area contributed by atoms with Crippen LogP contribution in [0.5, 0.6) is 11.5 Å². The van der Waals surface area contributed by atoms with Gasteiger partial charge in [-0.3, -0.25) is 4.79 Å². The molecule has 1 heterocycles. The summed E-state index contributed by atoms with van der Waals surface area (Å²) >= 11 is 0. The summed E-state index contributed by atoms with van der Waals surface area (Å²) in [7, 11) is 2.79. The normalized spacial score (nSPS) is 11.1. The van der Waals surface area contributed by atoms with Gasteiger partial charge >= 0.3 is 0 Å². The molecule has 9 heteroatoms. The first kappa shape index (κ1) is 27.7. The zero-order chi connectivity index (χ0) is 23.8. The number of hydrogen-bond donors (Lipinski definition) is 2. The van der Waals surface area contributed by atoms with Crippen molar-refractivity contribution >= 4 is 22.5 Å². The number of Topliss-reactive ketones (excluding diaryl/α,β-unsaturated/α-hetero) is 1. The Labute approximate surface area is 193 Å². The molecule has 0 unspecified atom stereocenters. The highest BCUT2D eigenvalue weighted by atomic mass is 19.1. The van der Waals surface area contributed by atoms with Crippen molar-refractivity contribution in [3.63, 3.8) is 0 Å². The summed E-state index contributed by atoms with van der Waals surface area (Å²) in [5, 5.41) is 3.61. The van der Waals surface area contributed by atoms with E-state index >= 15 is 0 Å². The molecule has 0 aliphatic heterocycles. The van der Waals surface area contributed by atoms with Gasteiger partial charge in [-0.25, -0.2) is 18.7 Å². The molecule has 0 saturated heterocycles. The Morgan fingerprint density at radius 3 is 2.30 bits per heavy atom. The van der Waals surface area contributed by atoms with Crippen molar-refractivity contribution in [3.05, 3.63) is 53.4 Å². The highest BCUT2D eigenvalue weighted by Crippen LogP contribution is 2.36. The first-order valence-electron chi connectivity index (χ1n) is 10.0. The Morgan fingerprint density at radius 2 is 1.79 bits per heavy atom. The molecule has 3 rings (SSSR count). The molecule has 0 aliphatic rings. The van der Waals surface area contributed by atoms with Gasteiger partial charge in [-0.1, -0.05) is 26.5 Å². The maximum absolute atomic E-state index is 14.1. The van der Waals surface area contributed by atoms with Gasteiger partial charge in [0, 0.05) is 17.8 Å². The van der Waals surface area contributed by atoms with Crippen LogP contribution >= 0.6 is 0 Å². The number of methoxy groups -OCH3 is 2. The van der Waals surface area contributed by atoms with Crippen LogP contribution < -0.4 is 20.5 Å². The summed E-state index contributed by atoms with van der Waals surface area (Å²) in [6, 6.07) is 7.82. The summed E-state index contributed by atoms with van der Waals surface area (Å²) < 4.78 is 36.8. The number of nitrogens with two attached hydrogens (primary N) is 1. The van der Waals surface area contributed by atoms with E-state index < -0.39 is 5.82 Å². The van der Waals surface area contributed by atoms with Gasteiger partial charge in [-0.05, 0) is 44.2 Å². The van der Waals surface area contributed by atoms with Crippen LogP contribution in [0, 0.1) is 18.6 Å². The van der Waals surface area contributed by atoms with Gasteiger partial charge in [-0.15, -0.1) is 0 Å². The van der Waals surface area contributed by atoms with Gasteiger partial charge in [0.25, 0.3) is 0 Å². The Balaban J connectivity index is 0.000000323. The molecule has 0 saturated carbocycles. The van der Waals surface area contributed by atoms with E-state index in [1.807, 2.05) is 6.92 Å². The number of carbonyl (C=O) groups is 1. The lowest BCUT2D eigenvalue weighted by molar-refractivity contribution is -0.117. The molecule has 1 aromatic heterocycles. The van der Waals surface area contributed by atoms with Crippen LogP contribution in [0.4, 0.5) is 14.6 Å². The second-order valence-electron chi connectivity index (χ2n) is 7.05.